The van der Waals surface area contributed by atoms with E-state index in [-0.39, 0.29) is 12.5 Å². The fraction of sp³-hybridized carbons (Fsp3) is 0.667. The van der Waals surface area contributed by atoms with Crippen LogP contribution in [0.1, 0.15) is 19.2 Å². The first-order chi connectivity index (χ1) is 7.16. The Kier molecular flexibility index (Phi) is 2.68. The lowest BCUT2D eigenvalue weighted by Crippen LogP contribution is -2.40. The van der Waals surface area contributed by atoms with Gasteiger partial charge in [-0.25, -0.2) is 0 Å². The van der Waals surface area contributed by atoms with Crippen molar-refractivity contribution in [1.29, 1.82) is 0 Å². The third-order valence-corrected chi connectivity index (χ3v) is 2.76. The van der Waals surface area contributed by atoms with Crippen LogP contribution in [-0.4, -0.2) is 43.3 Å². The molecule has 0 aliphatic carbocycles. The summed E-state index contributed by atoms with van der Waals surface area (Å²) in [6, 6.07) is 0.0490. The summed E-state index contributed by atoms with van der Waals surface area (Å²) in [5.74, 6) is 0.160. The van der Waals surface area contributed by atoms with Crippen LogP contribution in [0.5, 0.6) is 0 Å². The van der Waals surface area contributed by atoms with E-state index in [4.69, 9.17) is 5.11 Å². The van der Waals surface area contributed by atoms with Gasteiger partial charge in [-0.15, -0.1) is 10.2 Å². The summed E-state index contributed by atoms with van der Waals surface area (Å²) in [6.07, 6.45) is 1.89. The van der Waals surface area contributed by atoms with E-state index < -0.39 is 5.97 Å². The Morgan fingerprint density at radius 3 is 3.20 bits per heavy atom. The predicted molar refractivity (Wildman–Crippen MR) is 52.1 cm³/mol. The van der Waals surface area contributed by atoms with Crippen LogP contribution in [0.15, 0.2) is 6.33 Å². The van der Waals surface area contributed by atoms with E-state index in [0.717, 1.165) is 18.9 Å². The van der Waals surface area contributed by atoms with E-state index in [1.807, 2.05) is 11.5 Å². The van der Waals surface area contributed by atoms with Crippen LogP contribution in [-0.2, 0) is 17.9 Å². The summed E-state index contributed by atoms with van der Waals surface area (Å²) in [5.41, 5.74) is 0. The topological polar surface area (TPSA) is 71.2 Å². The maximum Gasteiger partial charge on any atom is 0.304 e. The van der Waals surface area contributed by atoms with Gasteiger partial charge < -0.3 is 9.67 Å². The van der Waals surface area contributed by atoms with Crippen LogP contribution in [0.4, 0.5) is 0 Å². The second-order valence-corrected chi connectivity index (χ2v) is 3.86. The molecule has 1 aromatic rings. The minimum absolute atomic E-state index is 0.0490. The van der Waals surface area contributed by atoms with Crippen molar-refractivity contribution in [2.75, 3.05) is 6.54 Å². The number of hydrogen-bond donors (Lipinski definition) is 1. The van der Waals surface area contributed by atoms with Gasteiger partial charge in [-0.1, -0.05) is 0 Å². The molecule has 0 fully saturated rings. The number of hydrogen-bond acceptors (Lipinski definition) is 4. The van der Waals surface area contributed by atoms with E-state index in [1.165, 1.54) is 0 Å². The molecule has 1 atom stereocenters. The molecule has 1 aliphatic rings. The third-order valence-electron chi connectivity index (χ3n) is 2.76. The van der Waals surface area contributed by atoms with E-state index in [2.05, 4.69) is 15.1 Å². The highest BCUT2D eigenvalue weighted by Gasteiger charge is 2.22. The van der Waals surface area contributed by atoms with Crippen LogP contribution in [0.2, 0.25) is 0 Å². The summed E-state index contributed by atoms with van der Waals surface area (Å²) in [7, 11) is 0. The van der Waals surface area contributed by atoms with E-state index in [9.17, 15) is 4.79 Å². The molecule has 2 rings (SSSR count). The predicted octanol–water partition coefficient (Wildman–Crippen LogP) is -0.0431. The summed E-state index contributed by atoms with van der Waals surface area (Å²) in [5, 5.41) is 16.5. The number of aliphatic carboxylic acids is 1. The Labute approximate surface area is 87.5 Å². The molecule has 1 aliphatic heterocycles. The second-order valence-electron chi connectivity index (χ2n) is 3.86. The van der Waals surface area contributed by atoms with Crippen molar-refractivity contribution >= 4 is 5.97 Å². The standard InChI is InChI=1S/C9H14N4O2/c1-7(4-9(14)15)12-2-3-13-6-10-11-8(13)5-12/h6-7H,2-5H2,1H3,(H,14,15). The van der Waals surface area contributed by atoms with Crippen molar-refractivity contribution in [3.05, 3.63) is 12.2 Å². The molecule has 82 valence electrons. The van der Waals surface area contributed by atoms with Crippen LogP contribution in [0, 0.1) is 0 Å². The van der Waals surface area contributed by atoms with Crippen molar-refractivity contribution in [3.8, 4) is 0 Å². The van der Waals surface area contributed by atoms with Gasteiger partial charge >= 0.3 is 5.97 Å². The smallest absolute Gasteiger partial charge is 0.304 e. The summed E-state index contributed by atoms with van der Waals surface area (Å²) >= 11 is 0. The summed E-state index contributed by atoms with van der Waals surface area (Å²) < 4.78 is 2.00. The SMILES string of the molecule is CC(CC(=O)O)N1CCn2cnnc2C1. The first kappa shape index (κ1) is 10.1. The van der Waals surface area contributed by atoms with E-state index in [0.29, 0.717) is 6.54 Å². The van der Waals surface area contributed by atoms with Gasteiger partial charge in [0, 0.05) is 19.1 Å². The Balaban J connectivity index is 2.00. The number of rotatable bonds is 3. The van der Waals surface area contributed by atoms with Crippen molar-refractivity contribution in [3.63, 3.8) is 0 Å². The van der Waals surface area contributed by atoms with Gasteiger partial charge in [0.25, 0.3) is 0 Å². The third kappa shape index (κ3) is 2.15. The molecule has 0 spiro atoms. The zero-order chi connectivity index (χ0) is 10.8. The molecule has 0 amide bonds. The van der Waals surface area contributed by atoms with Gasteiger partial charge in [-0.05, 0) is 6.92 Å². The maximum atomic E-state index is 10.6. The van der Waals surface area contributed by atoms with Gasteiger partial charge in [0.1, 0.15) is 12.2 Å². The normalized spacial score (nSPS) is 18.5. The molecule has 1 unspecified atom stereocenters. The molecule has 15 heavy (non-hydrogen) atoms. The second kappa shape index (κ2) is 3.98. The summed E-state index contributed by atoms with van der Waals surface area (Å²) in [4.78, 5) is 12.7. The van der Waals surface area contributed by atoms with Gasteiger partial charge in [0.15, 0.2) is 0 Å². The highest BCUT2D eigenvalue weighted by molar-refractivity contribution is 5.67. The van der Waals surface area contributed by atoms with Crippen molar-refractivity contribution < 1.29 is 9.90 Å². The Morgan fingerprint density at radius 1 is 1.67 bits per heavy atom. The molecule has 1 aromatic heterocycles. The lowest BCUT2D eigenvalue weighted by molar-refractivity contribution is -0.138. The number of aromatic nitrogens is 3. The molecule has 2 heterocycles. The molecule has 6 nitrogen and oxygen atoms in total. The molecule has 0 bridgehead atoms. The molecular formula is C9H14N4O2. The Hall–Kier alpha value is -1.43. The molecule has 0 saturated heterocycles. The highest BCUT2D eigenvalue weighted by atomic mass is 16.4. The first-order valence-corrected chi connectivity index (χ1v) is 4.99. The van der Waals surface area contributed by atoms with Crippen LogP contribution in [0.25, 0.3) is 0 Å². The number of nitrogens with zero attached hydrogens (tertiary/aromatic N) is 4. The highest BCUT2D eigenvalue weighted by Crippen LogP contribution is 2.13. The molecule has 1 N–H and O–H groups in total. The van der Waals surface area contributed by atoms with Crippen LogP contribution >= 0.6 is 0 Å². The van der Waals surface area contributed by atoms with Crippen molar-refractivity contribution in [1.82, 2.24) is 19.7 Å². The van der Waals surface area contributed by atoms with E-state index in [1.54, 1.807) is 6.33 Å². The largest absolute Gasteiger partial charge is 0.481 e. The minimum Gasteiger partial charge on any atom is -0.481 e. The molecule has 6 heteroatoms. The Bertz CT molecular complexity index is 363. The van der Waals surface area contributed by atoms with Crippen LogP contribution in [0.3, 0.4) is 0 Å². The average molecular weight is 210 g/mol. The quantitative estimate of drug-likeness (QED) is 0.757. The fourth-order valence-corrected chi connectivity index (χ4v) is 1.84. The van der Waals surface area contributed by atoms with Gasteiger partial charge in [0.2, 0.25) is 0 Å². The number of fused-ring (bicyclic) bond motifs is 1. The lowest BCUT2D eigenvalue weighted by Gasteiger charge is -2.31. The first-order valence-electron chi connectivity index (χ1n) is 4.99. The number of carbonyl (C=O) groups is 1. The zero-order valence-corrected chi connectivity index (χ0v) is 8.63. The van der Waals surface area contributed by atoms with Gasteiger partial charge in [-0.2, -0.15) is 0 Å². The van der Waals surface area contributed by atoms with Crippen LogP contribution < -0.4 is 0 Å². The molecule has 0 aromatic carbocycles. The van der Waals surface area contributed by atoms with Gasteiger partial charge in [-0.3, -0.25) is 9.69 Å². The number of carboxylic acid groups (broad SMARTS) is 1. The number of carboxylic acids is 1. The molecule has 0 saturated carbocycles. The van der Waals surface area contributed by atoms with E-state index >= 15 is 0 Å². The fourth-order valence-electron chi connectivity index (χ4n) is 1.84. The molecular weight excluding hydrogens is 196 g/mol. The summed E-state index contributed by atoms with van der Waals surface area (Å²) in [6.45, 7) is 4.32. The minimum atomic E-state index is -0.755. The lowest BCUT2D eigenvalue weighted by atomic mass is 10.2. The van der Waals surface area contributed by atoms with Crippen molar-refractivity contribution in [2.24, 2.45) is 0 Å². The Morgan fingerprint density at radius 2 is 2.47 bits per heavy atom. The monoisotopic (exact) mass is 210 g/mol. The maximum absolute atomic E-state index is 10.6. The van der Waals surface area contributed by atoms with Gasteiger partial charge in [0.05, 0.1) is 13.0 Å². The molecule has 0 radical (unpaired) electrons. The van der Waals surface area contributed by atoms with Crippen molar-refractivity contribution in [2.45, 2.75) is 32.5 Å². The average Bonchev–Trinajstić information content (AvgIpc) is 2.62. The zero-order valence-electron chi connectivity index (χ0n) is 8.63.